The zero-order valence-electron chi connectivity index (χ0n) is 16.3. The SMILES string of the molecule is CCOc1ccc(Nc2nc(NCCN3CCOCC3)nc(N)c2[N+](=O)[O-])cc1. The lowest BCUT2D eigenvalue weighted by Gasteiger charge is -2.26. The van der Waals surface area contributed by atoms with Gasteiger partial charge in [-0.25, -0.2) is 0 Å². The summed E-state index contributed by atoms with van der Waals surface area (Å²) in [5.41, 5.74) is 6.09. The van der Waals surface area contributed by atoms with Gasteiger partial charge in [0, 0.05) is 31.9 Å². The maximum Gasteiger partial charge on any atom is 0.353 e. The number of anilines is 4. The van der Waals surface area contributed by atoms with E-state index in [2.05, 4.69) is 25.5 Å². The Balaban J connectivity index is 1.72. The molecule has 2 aromatic rings. The Hall–Kier alpha value is -3.18. The van der Waals surface area contributed by atoms with Crippen LogP contribution in [0.3, 0.4) is 0 Å². The number of nitrogens with zero attached hydrogens (tertiary/aromatic N) is 4. The second kappa shape index (κ2) is 9.85. The van der Waals surface area contributed by atoms with E-state index in [1.54, 1.807) is 24.3 Å². The highest BCUT2D eigenvalue weighted by Gasteiger charge is 2.23. The van der Waals surface area contributed by atoms with Crippen LogP contribution in [0, 0.1) is 10.1 Å². The summed E-state index contributed by atoms with van der Waals surface area (Å²) in [5.74, 6) is 0.767. The van der Waals surface area contributed by atoms with Crippen molar-refractivity contribution >= 4 is 29.0 Å². The third-order valence-electron chi connectivity index (χ3n) is 4.34. The molecule has 1 aliphatic rings. The van der Waals surface area contributed by atoms with Gasteiger partial charge < -0.3 is 25.8 Å². The molecule has 3 rings (SSSR count). The molecule has 1 aromatic heterocycles. The Morgan fingerprint density at radius 1 is 1.28 bits per heavy atom. The summed E-state index contributed by atoms with van der Waals surface area (Å²) in [5, 5.41) is 17.5. The van der Waals surface area contributed by atoms with E-state index in [4.69, 9.17) is 15.2 Å². The molecule has 0 spiro atoms. The summed E-state index contributed by atoms with van der Waals surface area (Å²) < 4.78 is 10.7. The summed E-state index contributed by atoms with van der Waals surface area (Å²) in [6.45, 7) is 7.00. The highest BCUT2D eigenvalue weighted by atomic mass is 16.6. The number of nitro groups is 1. The second-order valence-corrected chi connectivity index (χ2v) is 6.35. The van der Waals surface area contributed by atoms with Crippen LogP contribution in [0.2, 0.25) is 0 Å². The van der Waals surface area contributed by atoms with Crippen LogP contribution in [0.5, 0.6) is 5.75 Å². The van der Waals surface area contributed by atoms with Gasteiger partial charge in [-0.05, 0) is 31.2 Å². The summed E-state index contributed by atoms with van der Waals surface area (Å²) >= 11 is 0. The normalized spacial score (nSPS) is 14.4. The van der Waals surface area contributed by atoms with Gasteiger partial charge in [-0.3, -0.25) is 15.0 Å². The third-order valence-corrected chi connectivity index (χ3v) is 4.34. The smallest absolute Gasteiger partial charge is 0.353 e. The largest absolute Gasteiger partial charge is 0.494 e. The molecule has 1 aliphatic heterocycles. The Labute approximate surface area is 168 Å². The van der Waals surface area contributed by atoms with Crippen LogP contribution >= 0.6 is 0 Å². The van der Waals surface area contributed by atoms with Crippen LogP contribution in [0.25, 0.3) is 0 Å². The minimum Gasteiger partial charge on any atom is -0.494 e. The molecule has 1 aromatic carbocycles. The Morgan fingerprint density at radius 3 is 2.66 bits per heavy atom. The molecule has 0 radical (unpaired) electrons. The van der Waals surface area contributed by atoms with Crippen molar-refractivity contribution in [2.75, 3.05) is 62.4 Å². The molecule has 2 heterocycles. The standard InChI is InChI=1S/C18H25N7O4/c1-2-29-14-5-3-13(4-6-14)21-17-15(25(26)27)16(19)22-18(23-17)20-7-8-24-9-11-28-12-10-24/h3-6H,2,7-12H2,1H3,(H4,19,20,21,22,23). The molecule has 4 N–H and O–H groups in total. The Bertz CT molecular complexity index is 826. The van der Waals surface area contributed by atoms with E-state index >= 15 is 0 Å². The lowest BCUT2D eigenvalue weighted by Crippen LogP contribution is -2.39. The van der Waals surface area contributed by atoms with Crippen LogP contribution in [0.1, 0.15) is 6.92 Å². The van der Waals surface area contributed by atoms with Gasteiger partial charge in [-0.2, -0.15) is 9.97 Å². The zero-order valence-corrected chi connectivity index (χ0v) is 16.3. The Kier molecular flexibility index (Phi) is 6.98. The van der Waals surface area contributed by atoms with E-state index in [1.165, 1.54) is 0 Å². The quantitative estimate of drug-likeness (QED) is 0.419. The van der Waals surface area contributed by atoms with Crippen LogP contribution < -0.4 is 21.1 Å². The molecule has 0 atom stereocenters. The molecule has 1 fully saturated rings. The average molecular weight is 403 g/mol. The molecule has 0 unspecified atom stereocenters. The highest BCUT2D eigenvalue weighted by molar-refractivity contribution is 5.74. The van der Waals surface area contributed by atoms with Crippen molar-refractivity contribution in [3.8, 4) is 5.75 Å². The second-order valence-electron chi connectivity index (χ2n) is 6.35. The summed E-state index contributed by atoms with van der Waals surface area (Å²) in [4.78, 5) is 21.4. The number of ether oxygens (including phenoxy) is 2. The van der Waals surface area contributed by atoms with Crippen LogP contribution in [-0.4, -0.2) is 65.8 Å². The van der Waals surface area contributed by atoms with Crippen molar-refractivity contribution in [2.24, 2.45) is 0 Å². The molecular weight excluding hydrogens is 378 g/mol. The maximum absolute atomic E-state index is 11.5. The first-order chi connectivity index (χ1) is 14.1. The minimum atomic E-state index is -0.594. The van der Waals surface area contributed by atoms with Gasteiger partial charge in [0.05, 0.1) is 24.7 Å². The number of nitrogens with two attached hydrogens (primary N) is 1. The van der Waals surface area contributed by atoms with Crippen molar-refractivity contribution in [3.63, 3.8) is 0 Å². The molecule has 0 saturated carbocycles. The molecule has 11 nitrogen and oxygen atoms in total. The number of nitrogen functional groups attached to an aromatic ring is 1. The van der Waals surface area contributed by atoms with E-state index in [-0.39, 0.29) is 23.3 Å². The average Bonchev–Trinajstić information content (AvgIpc) is 2.70. The molecule has 1 saturated heterocycles. The van der Waals surface area contributed by atoms with Crippen molar-refractivity contribution in [3.05, 3.63) is 34.4 Å². The third kappa shape index (κ3) is 5.65. The molecule has 0 bridgehead atoms. The number of nitrogens with one attached hydrogen (secondary N) is 2. The van der Waals surface area contributed by atoms with Crippen molar-refractivity contribution in [1.82, 2.24) is 14.9 Å². The van der Waals surface area contributed by atoms with E-state index < -0.39 is 4.92 Å². The van der Waals surface area contributed by atoms with E-state index in [0.29, 0.717) is 24.6 Å². The van der Waals surface area contributed by atoms with E-state index in [0.717, 1.165) is 32.8 Å². The molecular formula is C18H25N7O4. The fourth-order valence-corrected chi connectivity index (χ4v) is 2.91. The van der Waals surface area contributed by atoms with Gasteiger partial charge in [0.2, 0.25) is 17.6 Å². The van der Waals surface area contributed by atoms with Crippen LogP contribution in [-0.2, 0) is 4.74 Å². The van der Waals surface area contributed by atoms with Gasteiger partial charge in [0.25, 0.3) is 0 Å². The predicted molar refractivity (Wildman–Crippen MR) is 110 cm³/mol. The van der Waals surface area contributed by atoms with Crippen LogP contribution in [0.4, 0.5) is 29.0 Å². The van der Waals surface area contributed by atoms with Gasteiger partial charge in [-0.15, -0.1) is 0 Å². The monoisotopic (exact) mass is 403 g/mol. The summed E-state index contributed by atoms with van der Waals surface area (Å²) in [7, 11) is 0. The number of hydrogen-bond donors (Lipinski definition) is 3. The minimum absolute atomic E-state index is 0.0283. The van der Waals surface area contributed by atoms with Crippen LogP contribution in [0.15, 0.2) is 24.3 Å². The van der Waals surface area contributed by atoms with Gasteiger partial charge in [-0.1, -0.05) is 0 Å². The first-order valence-corrected chi connectivity index (χ1v) is 9.42. The summed E-state index contributed by atoms with van der Waals surface area (Å²) in [6, 6.07) is 7.03. The Morgan fingerprint density at radius 2 is 2.00 bits per heavy atom. The van der Waals surface area contributed by atoms with E-state index in [1.807, 2.05) is 6.92 Å². The zero-order chi connectivity index (χ0) is 20.6. The number of benzene rings is 1. The number of aromatic nitrogens is 2. The molecule has 156 valence electrons. The fraction of sp³-hybridized carbons (Fsp3) is 0.444. The van der Waals surface area contributed by atoms with Gasteiger partial charge >= 0.3 is 5.69 Å². The highest BCUT2D eigenvalue weighted by Crippen LogP contribution is 2.31. The lowest BCUT2D eigenvalue weighted by atomic mass is 10.3. The predicted octanol–water partition coefficient (Wildman–Crippen LogP) is 1.85. The topological polar surface area (TPSA) is 141 Å². The number of hydrogen-bond acceptors (Lipinski definition) is 10. The summed E-state index contributed by atoms with van der Waals surface area (Å²) in [6.07, 6.45) is 0. The lowest BCUT2D eigenvalue weighted by molar-refractivity contribution is -0.383. The first kappa shape index (κ1) is 20.6. The first-order valence-electron chi connectivity index (χ1n) is 9.42. The molecule has 29 heavy (non-hydrogen) atoms. The van der Waals surface area contributed by atoms with Crippen molar-refractivity contribution < 1.29 is 14.4 Å². The molecule has 11 heteroatoms. The number of rotatable bonds is 9. The van der Waals surface area contributed by atoms with Gasteiger partial charge in [0.1, 0.15) is 5.75 Å². The van der Waals surface area contributed by atoms with E-state index in [9.17, 15) is 10.1 Å². The van der Waals surface area contributed by atoms with Crippen molar-refractivity contribution in [2.45, 2.75) is 6.92 Å². The van der Waals surface area contributed by atoms with Gasteiger partial charge in [0.15, 0.2) is 0 Å². The van der Waals surface area contributed by atoms with Crippen molar-refractivity contribution in [1.29, 1.82) is 0 Å². The fourth-order valence-electron chi connectivity index (χ4n) is 2.91. The molecule has 0 aliphatic carbocycles. The molecule has 0 amide bonds. The number of morpholine rings is 1. The maximum atomic E-state index is 11.5.